The molecule has 0 bridgehead atoms. The second-order valence-corrected chi connectivity index (χ2v) is 6.91. The minimum atomic E-state index is -0.00873. The van der Waals surface area contributed by atoms with Gasteiger partial charge in [0.05, 0.1) is 0 Å². The van der Waals surface area contributed by atoms with Crippen molar-refractivity contribution in [2.45, 2.75) is 123 Å². The van der Waals surface area contributed by atoms with Gasteiger partial charge in [0, 0.05) is 6.42 Å². The molecule has 0 aliphatic carbocycles. The molecule has 0 unspecified atom stereocenters. The lowest BCUT2D eigenvalue weighted by molar-refractivity contribution is -0.149. The van der Waals surface area contributed by atoms with Crippen LogP contribution in [0.1, 0.15) is 117 Å². The van der Waals surface area contributed by atoms with Crippen LogP contribution in [0.25, 0.3) is 0 Å². The largest absolute Gasteiger partial charge is 0.462 e. The van der Waals surface area contributed by atoms with Gasteiger partial charge in [-0.2, -0.15) is 0 Å². The van der Waals surface area contributed by atoms with Crippen LogP contribution in [-0.2, 0) is 9.53 Å². The van der Waals surface area contributed by atoms with Crippen molar-refractivity contribution in [1.82, 2.24) is 0 Å². The predicted octanol–water partition coefficient (Wildman–Crippen LogP) is 7.37. The SMILES string of the molecule is CCCCCCCC=CCCCCCCCC(=O)OC(CC)CC. The highest BCUT2D eigenvalue weighted by atomic mass is 16.5. The van der Waals surface area contributed by atoms with Gasteiger partial charge in [-0.1, -0.05) is 77.9 Å². The summed E-state index contributed by atoms with van der Waals surface area (Å²) in [6, 6.07) is 0. The van der Waals surface area contributed by atoms with Gasteiger partial charge in [0.15, 0.2) is 0 Å². The molecule has 2 heteroatoms. The van der Waals surface area contributed by atoms with E-state index in [0.29, 0.717) is 6.42 Å². The van der Waals surface area contributed by atoms with Crippen LogP contribution >= 0.6 is 0 Å². The zero-order chi connectivity index (χ0) is 17.9. The average molecular weight is 339 g/mol. The minimum Gasteiger partial charge on any atom is -0.462 e. The van der Waals surface area contributed by atoms with E-state index in [-0.39, 0.29) is 12.1 Å². The zero-order valence-electron chi connectivity index (χ0n) is 16.7. The molecule has 0 radical (unpaired) electrons. The topological polar surface area (TPSA) is 26.3 Å². The molecular formula is C22H42O2. The Bertz CT molecular complexity index is 292. The Hall–Kier alpha value is -0.790. The molecule has 0 spiro atoms. The van der Waals surface area contributed by atoms with Crippen LogP contribution in [0.15, 0.2) is 12.2 Å². The third kappa shape index (κ3) is 16.1. The summed E-state index contributed by atoms with van der Waals surface area (Å²) < 4.78 is 5.41. The number of esters is 1. The molecule has 0 saturated heterocycles. The third-order valence-electron chi connectivity index (χ3n) is 4.60. The summed E-state index contributed by atoms with van der Waals surface area (Å²) >= 11 is 0. The molecule has 0 aromatic carbocycles. The first-order valence-corrected chi connectivity index (χ1v) is 10.6. The highest BCUT2D eigenvalue weighted by molar-refractivity contribution is 5.69. The van der Waals surface area contributed by atoms with Gasteiger partial charge in [-0.15, -0.1) is 0 Å². The van der Waals surface area contributed by atoms with Gasteiger partial charge in [0.25, 0.3) is 0 Å². The smallest absolute Gasteiger partial charge is 0.306 e. The van der Waals surface area contributed by atoms with Crippen molar-refractivity contribution in [3.8, 4) is 0 Å². The van der Waals surface area contributed by atoms with Crippen molar-refractivity contribution in [3.63, 3.8) is 0 Å². The van der Waals surface area contributed by atoms with Gasteiger partial charge < -0.3 is 4.74 Å². The molecule has 0 amide bonds. The molecule has 2 nitrogen and oxygen atoms in total. The van der Waals surface area contributed by atoms with E-state index in [1.807, 2.05) is 0 Å². The quantitative estimate of drug-likeness (QED) is 0.157. The van der Waals surface area contributed by atoms with Crippen molar-refractivity contribution in [1.29, 1.82) is 0 Å². The summed E-state index contributed by atoms with van der Waals surface area (Å²) in [5.41, 5.74) is 0. The lowest BCUT2D eigenvalue weighted by Gasteiger charge is -2.13. The number of carbonyl (C=O) groups excluding carboxylic acids is 1. The van der Waals surface area contributed by atoms with Crippen molar-refractivity contribution in [3.05, 3.63) is 12.2 Å². The van der Waals surface area contributed by atoms with Crippen LogP contribution in [0.5, 0.6) is 0 Å². The first-order chi connectivity index (χ1) is 11.7. The molecule has 0 heterocycles. The molecule has 0 aliphatic heterocycles. The first-order valence-electron chi connectivity index (χ1n) is 10.6. The zero-order valence-corrected chi connectivity index (χ0v) is 16.7. The highest BCUT2D eigenvalue weighted by Crippen LogP contribution is 2.11. The molecule has 142 valence electrons. The van der Waals surface area contributed by atoms with Gasteiger partial charge in [0.2, 0.25) is 0 Å². The van der Waals surface area contributed by atoms with E-state index in [2.05, 4.69) is 32.9 Å². The van der Waals surface area contributed by atoms with Crippen molar-refractivity contribution in [2.24, 2.45) is 0 Å². The normalized spacial score (nSPS) is 11.5. The maximum atomic E-state index is 11.7. The fraction of sp³-hybridized carbons (Fsp3) is 0.864. The van der Waals surface area contributed by atoms with Crippen LogP contribution in [-0.4, -0.2) is 12.1 Å². The van der Waals surface area contributed by atoms with Crippen molar-refractivity contribution >= 4 is 5.97 Å². The van der Waals surface area contributed by atoms with E-state index < -0.39 is 0 Å². The number of carbonyl (C=O) groups is 1. The van der Waals surface area contributed by atoms with Gasteiger partial charge in [-0.05, 0) is 44.9 Å². The monoisotopic (exact) mass is 338 g/mol. The lowest BCUT2D eigenvalue weighted by atomic mass is 10.1. The third-order valence-corrected chi connectivity index (χ3v) is 4.60. The van der Waals surface area contributed by atoms with Crippen LogP contribution in [0.3, 0.4) is 0 Å². The lowest BCUT2D eigenvalue weighted by Crippen LogP contribution is -2.16. The first kappa shape index (κ1) is 23.2. The fourth-order valence-electron chi connectivity index (χ4n) is 2.86. The van der Waals surface area contributed by atoms with Crippen LogP contribution in [0.4, 0.5) is 0 Å². The van der Waals surface area contributed by atoms with Crippen LogP contribution in [0, 0.1) is 0 Å². The van der Waals surface area contributed by atoms with Gasteiger partial charge >= 0.3 is 5.97 Å². The second-order valence-electron chi connectivity index (χ2n) is 6.91. The predicted molar refractivity (Wildman–Crippen MR) is 105 cm³/mol. The molecule has 0 N–H and O–H groups in total. The molecule has 0 saturated carbocycles. The molecule has 0 atom stereocenters. The van der Waals surface area contributed by atoms with Crippen molar-refractivity contribution < 1.29 is 9.53 Å². The Morgan fingerprint density at radius 1 is 0.750 bits per heavy atom. The summed E-state index contributed by atoms with van der Waals surface area (Å²) in [7, 11) is 0. The maximum absolute atomic E-state index is 11.7. The number of ether oxygens (including phenoxy) is 1. The molecule has 0 aliphatic rings. The van der Waals surface area contributed by atoms with Gasteiger partial charge in [-0.25, -0.2) is 0 Å². The highest BCUT2D eigenvalue weighted by Gasteiger charge is 2.09. The summed E-state index contributed by atoms with van der Waals surface area (Å²) in [6.07, 6.45) is 22.5. The van der Waals surface area contributed by atoms with E-state index in [0.717, 1.165) is 25.7 Å². The molecule has 0 rings (SSSR count). The number of hydrogen-bond acceptors (Lipinski definition) is 2. The van der Waals surface area contributed by atoms with E-state index in [9.17, 15) is 4.79 Å². The maximum Gasteiger partial charge on any atom is 0.306 e. The molecule has 0 fully saturated rings. The van der Waals surface area contributed by atoms with Gasteiger partial charge in [0.1, 0.15) is 6.10 Å². The Labute approximate surface area is 151 Å². The summed E-state index contributed by atoms with van der Waals surface area (Å²) in [5.74, 6) is -0.00873. The van der Waals surface area contributed by atoms with E-state index >= 15 is 0 Å². The average Bonchev–Trinajstić information content (AvgIpc) is 2.60. The van der Waals surface area contributed by atoms with Crippen LogP contribution < -0.4 is 0 Å². The molecule has 0 aromatic heterocycles. The Balaban J connectivity index is 3.29. The summed E-state index contributed by atoms with van der Waals surface area (Å²) in [5, 5.41) is 0. The minimum absolute atomic E-state index is 0.00873. The summed E-state index contributed by atoms with van der Waals surface area (Å²) in [4.78, 5) is 11.7. The standard InChI is InChI=1S/C22H42O2/c1-4-7-8-9-10-11-12-13-14-15-16-17-18-19-20-22(23)24-21(5-2)6-3/h12-13,21H,4-11,14-20H2,1-3H3. The molecule has 0 aromatic rings. The Morgan fingerprint density at radius 3 is 1.79 bits per heavy atom. The number of unbranched alkanes of at least 4 members (excludes halogenated alkanes) is 10. The number of allylic oxidation sites excluding steroid dienone is 2. The van der Waals surface area contributed by atoms with Crippen LogP contribution in [0.2, 0.25) is 0 Å². The second kappa shape index (κ2) is 18.5. The van der Waals surface area contributed by atoms with E-state index in [1.54, 1.807) is 0 Å². The summed E-state index contributed by atoms with van der Waals surface area (Å²) in [6.45, 7) is 6.41. The van der Waals surface area contributed by atoms with E-state index in [1.165, 1.54) is 64.2 Å². The molecular weight excluding hydrogens is 296 g/mol. The number of rotatable bonds is 17. The Morgan fingerprint density at radius 2 is 1.25 bits per heavy atom. The van der Waals surface area contributed by atoms with Gasteiger partial charge in [-0.3, -0.25) is 4.79 Å². The van der Waals surface area contributed by atoms with Crippen molar-refractivity contribution in [2.75, 3.05) is 0 Å². The fourth-order valence-corrected chi connectivity index (χ4v) is 2.86. The molecule has 24 heavy (non-hydrogen) atoms. The number of hydrogen-bond donors (Lipinski definition) is 0. The Kier molecular flexibility index (Phi) is 17.9. The van der Waals surface area contributed by atoms with E-state index in [4.69, 9.17) is 4.74 Å².